The van der Waals surface area contributed by atoms with Crippen molar-refractivity contribution in [3.8, 4) is 5.75 Å². The van der Waals surface area contributed by atoms with Crippen molar-refractivity contribution < 1.29 is 14.3 Å². The fraction of sp³-hybridized carbons (Fsp3) is 0.167. The summed E-state index contributed by atoms with van der Waals surface area (Å²) in [6.07, 6.45) is 1.20. The molecule has 1 aromatic heterocycles. The van der Waals surface area contributed by atoms with E-state index in [1.807, 2.05) is 48.5 Å². The minimum absolute atomic E-state index is 0.0452. The first kappa shape index (κ1) is 18.2. The molecule has 30 heavy (non-hydrogen) atoms. The van der Waals surface area contributed by atoms with Crippen molar-refractivity contribution in [2.24, 2.45) is 0 Å². The number of aryl methyl sites for hydroxylation is 1. The predicted molar refractivity (Wildman–Crippen MR) is 117 cm³/mol. The molecule has 0 bridgehead atoms. The first-order chi connectivity index (χ1) is 14.7. The smallest absolute Gasteiger partial charge is 0.267 e. The molecular weight excluding hydrogens is 378 g/mol. The number of carbonyl (C=O) groups is 2. The van der Waals surface area contributed by atoms with E-state index in [9.17, 15) is 9.59 Å². The maximum atomic E-state index is 12.5. The number of aromatic nitrogens is 1. The van der Waals surface area contributed by atoms with Crippen LogP contribution in [0.1, 0.15) is 22.5 Å². The van der Waals surface area contributed by atoms with Crippen LogP contribution in [0.15, 0.2) is 60.7 Å². The van der Waals surface area contributed by atoms with Gasteiger partial charge in [0, 0.05) is 23.0 Å². The lowest BCUT2D eigenvalue weighted by Crippen LogP contribution is -2.28. The molecule has 0 unspecified atom stereocenters. The fourth-order valence-electron chi connectivity index (χ4n) is 3.89. The summed E-state index contributed by atoms with van der Waals surface area (Å²) in [7, 11) is 0. The Bertz CT molecular complexity index is 1280. The van der Waals surface area contributed by atoms with Gasteiger partial charge in [0.2, 0.25) is 5.91 Å². The number of rotatable bonds is 5. The molecule has 3 aromatic carbocycles. The fourth-order valence-corrected chi connectivity index (χ4v) is 3.89. The highest BCUT2D eigenvalue weighted by atomic mass is 16.5. The number of aromatic amines is 1. The number of ether oxygens (including phenoxy) is 1. The third-order valence-corrected chi connectivity index (χ3v) is 5.40. The van der Waals surface area contributed by atoms with Crippen LogP contribution in [0.4, 0.5) is 5.69 Å². The van der Waals surface area contributed by atoms with E-state index >= 15 is 0 Å². The molecule has 0 saturated carbocycles. The van der Waals surface area contributed by atoms with Crippen LogP contribution in [0.3, 0.4) is 0 Å². The highest BCUT2D eigenvalue weighted by Gasteiger charge is 2.15. The van der Waals surface area contributed by atoms with Gasteiger partial charge in [-0.3, -0.25) is 9.59 Å². The van der Waals surface area contributed by atoms with Crippen LogP contribution in [0, 0.1) is 0 Å². The van der Waals surface area contributed by atoms with Crippen LogP contribution in [-0.2, 0) is 11.2 Å². The van der Waals surface area contributed by atoms with Gasteiger partial charge in [0.1, 0.15) is 18.1 Å². The molecule has 3 N–H and O–H groups in total. The van der Waals surface area contributed by atoms with Crippen LogP contribution < -0.4 is 15.4 Å². The van der Waals surface area contributed by atoms with E-state index in [1.54, 1.807) is 0 Å². The summed E-state index contributed by atoms with van der Waals surface area (Å²) in [6.45, 7) is 0.753. The highest BCUT2D eigenvalue weighted by Crippen LogP contribution is 2.27. The Balaban J connectivity index is 1.20. The zero-order valence-electron chi connectivity index (χ0n) is 16.3. The number of fused-ring (bicyclic) bond motifs is 4. The summed E-state index contributed by atoms with van der Waals surface area (Å²) in [4.78, 5) is 27.2. The van der Waals surface area contributed by atoms with E-state index in [4.69, 9.17) is 4.74 Å². The van der Waals surface area contributed by atoms with Gasteiger partial charge in [-0.1, -0.05) is 30.3 Å². The standard InChI is InChI=1S/C24H21N3O3/c28-23-10-6-16-13-17(7-9-20(16)27-23)30-12-11-25-24(29)22-14-19-18-4-2-1-3-15(18)5-8-21(19)26-22/h1-5,7-9,13-14,26H,6,10-12H2,(H,25,29)(H,27,28). The normalized spacial score (nSPS) is 13.1. The second kappa shape index (κ2) is 7.55. The lowest BCUT2D eigenvalue weighted by atomic mass is 10.0. The molecule has 0 fully saturated rings. The molecule has 1 aliphatic heterocycles. The summed E-state index contributed by atoms with van der Waals surface area (Å²) in [5, 5.41) is 9.06. The summed E-state index contributed by atoms with van der Waals surface area (Å²) in [5.41, 5.74) is 3.39. The number of hydrogen-bond acceptors (Lipinski definition) is 3. The Morgan fingerprint density at radius 1 is 1.00 bits per heavy atom. The molecule has 6 heteroatoms. The third-order valence-electron chi connectivity index (χ3n) is 5.40. The van der Waals surface area contributed by atoms with Crippen molar-refractivity contribution in [3.05, 3.63) is 71.9 Å². The summed E-state index contributed by atoms with van der Waals surface area (Å²) in [5.74, 6) is 0.618. The Labute approximate surface area is 173 Å². The Morgan fingerprint density at radius 3 is 2.83 bits per heavy atom. The van der Waals surface area contributed by atoms with Crippen molar-refractivity contribution in [3.63, 3.8) is 0 Å². The molecule has 0 saturated heterocycles. The van der Waals surface area contributed by atoms with Gasteiger partial charge in [-0.05, 0) is 53.1 Å². The predicted octanol–water partition coefficient (Wildman–Crippen LogP) is 4.01. The average molecular weight is 399 g/mol. The summed E-state index contributed by atoms with van der Waals surface area (Å²) >= 11 is 0. The molecule has 1 aliphatic rings. The van der Waals surface area contributed by atoms with Crippen molar-refractivity contribution >= 4 is 39.2 Å². The van der Waals surface area contributed by atoms with E-state index in [0.717, 1.165) is 38.7 Å². The van der Waals surface area contributed by atoms with Crippen molar-refractivity contribution in [1.29, 1.82) is 0 Å². The monoisotopic (exact) mass is 399 g/mol. The topological polar surface area (TPSA) is 83.2 Å². The Kier molecular flexibility index (Phi) is 4.59. The van der Waals surface area contributed by atoms with Gasteiger partial charge in [0.25, 0.3) is 5.91 Å². The van der Waals surface area contributed by atoms with Gasteiger partial charge in [0.05, 0.1) is 6.54 Å². The Hall–Kier alpha value is -3.80. The molecule has 2 heterocycles. The van der Waals surface area contributed by atoms with E-state index in [2.05, 4.69) is 27.8 Å². The lowest BCUT2D eigenvalue weighted by Gasteiger charge is -2.17. The highest BCUT2D eigenvalue weighted by molar-refractivity contribution is 6.09. The Morgan fingerprint density at radius 2 is 1.90 bits per heavy atom. The first-order valence-corrected chi connectivity index (χ1v) is 10.0. The first-order valence-electron chi connectivity index (χ1n) is 10.0. The van der Waals surface area contributed by atoms with Crippen LogP contribution >= 0.6 is 0 Å². The molecule has 150 valence electrons. The van der Waals surface area contributed by atoms with E-state index in [1.165, 1.54) is 0 Å². The second-order valence-electron chi connectivity index (χ2n) is 7.40. The van der Waals surface area contributed by atoms with Crippen molar-refractivity contribution in [2.75, 3.05) is 18.5 Å². The molecule has 2 amide bonds. The number of amides is 2. The summed E-state index contributed by atoms with van der Waals surface area (Å²) < 4.78 is 5.76. The minimum Gasteiger partial charge on any atom is -0.492 e. The van der Waals surface area contributed by atoms with Crippen molar-refractivity contribution in [2.45, 2.75) is 12.8 Å². The molecule has 6 nitrogen and oxygen atoms in total. The summed E-state index contributed by atoms with van der Waals surface area (Å²) in [6, 6.07) is 19.7. The number of anilines is 1. The maximum Gasteiger partial charge on any atom is 0.267 e. The second-order valence-corrected chi connectivity index (χ2v) is 7.40. The number of H-pyrrole nitrogens is 1. The largest absolute Gasteiger partial charge is 0.492 e. The van der Waals surface area contributed by atoms with Crippen LogP contribution in [0.25, 0.3) is 21.7 Å². The van der Waals surface area contributed by atoms with Gasteiger partial charge < -0.3 is 20.4 Å². The zero-order valence-corrected chi connectivity index (χ0v) is 16.3. The van der Waals surface area contributed by atoms with Crippen LogP contribution in [-0.4, -0.2) is 29.9 Å². The third kappa shape index (κ3) is 3.48. The molecule has 5 rings (SSSR count). The number of carbonyl (C=O) groups excluding carboxylic acids is 2. The van der Waals surface area contributed by atoms with Gasteiger partial charge >= 0.3 is 0 Å². The number of hydrogen-bond donors (Lipinski definition) is 3. The van der Waals surface area contributed by atoms with Crippen LogP contribution in [0.5, 0.6) is 5.75 Å². The lowest BCUT2D eigenvalue weighted by molar-refractivity contribution is -0.116. The number of nitrogens with one attached hydrogen (secondary N) is 3. The molecule has 0 spiro atoms. The van der Waals surface area contributed by atoms with E-state index < -0.39 is 0 Å². The quantitative estimate of drug-likeness (QED) is 0.443. The van der Waals surface area contributed by atoms with Crippen molar-refractivity contribution in [1.82, 2.24) is 10.3 Å². The number of benzene rings is 3. The van der Waals surface area contributed by atoms with Gasteiger partial charge in [0.15, 0.2) is 0 Å². The van der Waals surface area contributed by atoms with Gasteiger partial charge in [-0.15, -0.1) is 0 Å². The average Bonchev–Trinajstić information content (AvgIpc) is 3.22. The molecule has 0 atom stereocenters. The maximum absolute atomic E-state index is 12.5. The zero-order chi connectivity index (χ0) is 20.5. The molecular formula is C24H21N3O3. The van der Waals surface area contributed by atoms with Gasteiger partial charge in [-0.2, -0.15) is 0 Å². The molecule has 4 aromatic rings. The van der Waals surface area contributed by atoms with E-state index in [-0.39, 0.29) is 11.8 Å². The van der Waals surface area contributed by atoms with Gasteiger partial charge in [-0.25, -0.2) is 0 Å². The minimum atomic E-state index is -0.160. The SMILES string of the molecule is O=C1CCc2cc(OCCNC(=O)c3cc4c(ccc5ccccc54)[nH]3)ccc2N1. The molecule has 0 radical (unpaired) electrons. The molecule has 0 aliphatic carbocycles. The van der Waals surface area contributed by atoms with E-state index in [0.29, 0.717) is 31.7 Å². The van der Waals surface area contributed by atoms with Crippen LogP contribution in [0.2, 0.25) is 0 Å².